The third-order valence-electron chi connectivity index (χ3n) is 5.09. The van der Waals surface area contributed by atoms with Gasteiger partial charge in [-0.05, 0) is 68.1 Å². The fourth-order valence-electron chi connectivity index (χ4n) is 3.15. The highest BCUT2D eigenvalue weighted by molar-refractivity contribution is 5.94. The molecule has 2 N–H and O–H groups in total. The van der Waals surface area contributed by atoms with Crippen LogP contribution in [0, 0.1) is 0 Å². The van der Waals surface area contributed by atoms with E-state index < -0.39 is 0 Å². The molecule has 32 heavy (non-hydrogen) atoms. The maximum absolute atomic E-state index is 12.4. The average molecular weight is 433 g/mol. The first-order valence-corrected chi connectivity index (χ1v) is 11.2. The molecule has 0 saturated heterocycles. The lowest BCUT2D eigenvalue weighted by atomic mass is 10.1. The Kier molecular flexibility index (Phi) is 8.99. The van der Waals surface area contributed by atoms with Gasteiger partial charge in [-0.1, -0.05) is 49.4 Å². The molecular formula is C27H32N2O3. The number of amides is 1. The second-order valence-corrected chi connectivity index (χ2v) is 7.70. The van der Waals surface area contributed by atoms with E-state index in [0.29, 0.717) is 6.61 Å². The molecule has 168 valence electrons. The molecule has 0 bridgehead atoms. The smallest absolute Gasteiger partial charge is 0.243 e. The SMILES string of the molecule is CCC(C)Oc1ccc(NC(=O)CNc2ccccc2OCCCc2ccccc2)cc1. The third kappa shape index (κ3) is 7.65. The topological polar surface area (TPSA) is 59.6 Å². The van der Waals surface area contributed by atoms with Gasteiger partial charge in [0.1, 0.15) is 11.5 Å². The summed E-state index contributed by atoms with van der Waals surface area (Å²) in [4.78, 5) is 12.4. The maximum atomic E-state index is 12.4. The predicted molar refractivity (Wildman–Crippen MR) is 131 cm³/mol. The van der Waals surface area contributed by atoms with Crippen molar-refractivity contribution in [1.29, 1.82) is 0 Å². The van der Waals surface area contributed by atoms with Gasteiger partial charge >= 0.3 is 0 Å². The van der Waals surface area contributed by atoms with E-state index in [9.17, 15) is 4.79 Å². The Morgan fingerprint density at radius 2 is 1.66 bits per heavy atom. The van der Waals surface area contributed by atoms with Crippen molar-refractivity contribution < 1.29 is 14.3 Å². The van der Waals surface area contributed by atoms with Gasteiger partial charge in [-0.3, -0.25) is 4.79 Å². The summed E-state index contributed by atoms with van der Waals surface area (Å²) in [5.74, 6) is 1.42. The van der Waals surface area contributed by atoms with Crippen molar-refractivity contribution in [3.63, 3.8) is 0 Å². The van der Waals surface area contributed by atoms with Crippen LogP contribution in [0.5, 0.6) is 11.5 Å². The molecule has 0 fully saturated rings. The zero-order valence-electron chi connectivity index (χ0n) is 18.8. The van der Waals surface area contributed by atoms with Crippen molar-refractivity contribution in [2.24, 2.45) is 0 Å². The van der Waals surface area contributed by atoms with Crippen molar-refractivity contribution in [3.05, 3.63) is 84.4 Å². The zero-order chi connectivity index (χ0) is 22.6. The lowest BCUT2D eigenvalue weighted by molar-refractivity contribution is -0.114. The minimum Gasteiger partial charge on any atom is -0.491 e. The molecule has 3 aromatic rings. The molecule has 5 nitrogen and oxygen atoms in total. The van der Waals surface area contributed by atoms with Crippen molar-refractivity contribution in [2.75, 3.05) is 23.8 Å². The van der Waals surface area contributed by atoms with Gasteiger partial charge in [-0.2, -0.15) is 0 Å². The minimum atomic E-state index is -0.125. The van der Waals surface area contributed by atoms with Crippen LogP contribution in [0.15, 0.2) is 78.9 Å². The van der Waals surface area contributed by atoms with Crippen molar-refractivity contribution in [1.82, 2.24) is 0 Å². The molecule has 0 aromatic heterocycles. The van der Waals surface area contributed by atoms with Crippen molar-refractivity contribution in [3.8, 4) is 11.5 Å². The normalized spacial score (nSPS) is 11.4. The first kappa shape index (κ1) is 23.2. The molecule has 1 amide bonds. The van der Waals surface area contributed by atoms with Crippen LogP contribution in [0.25, 0.3) is 0 Å². The van der Waals surface area contributed by atoms with Gasteiger partial charge in [-0.25, -0.2) is 0 Å². The Balaban J connectivity index is 1.44. The number of benzene rings is 3. The number of carbonyl (C=O) groups is 1. The Labute approximate surface area is 190 Å². The van der Waals surface area contributed by atoms with E-state index >= 15 is 0 Å². The molecular weight excluding hydrogens is 400 g/mol. The van der Waals surface area contributed by atoms with Gasteiger partial charge in [0.2, 0.25) is 5.91 Å². The number of carbonyl (C=O) groups excluding carboxylic acids is 1. The van der Waals surface area contributed by atoms with Gasteiger partial charge in [0.15, 0.2) is 0 Å². The first-order chi connectivity index (χ1) is 15.6. The van der Waals surface area contributed by atoms with Crippen molar-refractivity contribution >= 4 is 17.3 Å². The largest absolute Gasteiger partial charge is 0.491 e. The summed E-state index contributed by atoms with van der Waals surface area (Å²) in [7, 11) is 0. The zero-order valence-corrected chi connectivity index (χ0v) is 18.8. The Hall–Kier alpha value is -3.47. The molecule has 5 heteroatoms. The molecule has 3 rings (SSSR count). The Morgan fingerprint density at radius 3 is 2.41 bits per heavy atom. The van der Waals surface area contributed by atoms with Crippen LogP contribution in [-0.2, 0) is 11.2 Å². The fraction of sp³-hybridized carbons (Fsp3) is 0.296. The van der Waals surface area contributed by atoms with Crippen LogP contribution < -0.4 is 20.1 Å². The number of ether oxygens (including phenoxy) is 2. The van der Waals surface area contributed by atoms with Gasteiger partial charge < -0.3 is 20.1 Å². The molecule has 0 aliphatic carbocycles. The molecule has 0 radical (unpaired) electrons. The number of hydrogen-bond donors (Lipinski definition) is 2. The van der Waals surface area contributed by atoms with Crippen LogP contribution in [-0.4, -0.2) is 25.2 Å². The molecule has 0 aliphatic heterocycles. The van der Waals surface area contributed by atoms with Crippen LogP contribution in [0.4, 0.5) is 11.4 Å². The molecule has 0 aliphatic rings. The minimum absolute atomic E-state index is 0.125. The second kappa shape index (κ2) is 12.4. The lowest BCUT2D eigenvalue weighted by Gasteiger charge is -2.14. The highest BCUT2D eigenvalue weighted by Gasteiger charge is 2.07. The van der Waals surface area contributed by atoms with Gasteiger partial charge in [0, 0.05) is 5.69 Å². The monoisotopic (exact) mass is 432 g/mol. The van der Waals surface area contributed by atoms with Crippen LogP contribution >= 0.6 is 0 Å². The van der Waals surface area contributed by atoms with Crippen LogP contribution in [0.3, 0.4) is 0 Å². The van der Waals surface area contributed by atoms with E-state index in [0.717, 1.165) is 42.1 Å². The molecule has 1 unspecified atom stereocenters. The van der Waals surface area contributed by atoms with Gasteiger partial charge in [0.05, 0.1) is 24.9 Å². The quantitative estimate of drug-likeness (QED) is 0.349. The second-order valence-electron chi connectivity index (χ2n) is 7.70. The number of hydrogen-bond acceptors (Lipinski definition) is 4. The summed E-state index contributed by atoms with van der Waals surface area (Å²) in [5, 5.41) is 6.07. The van der Waals surface area contributed by atoms with E-state index in [2.05, 4.69) is 41.8 Å². The van der Waals surface area contributed by atoms with E-state index in [4.69, 9.17) is 9.47 Å². The van der Waals surface area contributed by atoms with E-state index in [-0.39, 0.29) is 18.6 Å². The average Bonchev–Trinajstić information content (AvgIpc) is 2.83. The number of rotatable bonds is 12. The van der Waals surface area contributed by atoms with E-state index in [1.807, 2.05) is 61.5 Å². The van der Waals surface area contributed by atoms with Crippen LogP contribution in [0.2, 0.25) is 0 Å². The predicted octanol–water partition coefficient (Wildman–Crippen LogP) is 5.93. The highest BCUT2D eigenvalue weighted by Crippen LogP contribution is 2.24. The molecule has 3 aromatic carbocycles. The highest BCUT2D eigenvalue weighted by atomic mass is 16.5. The summed E-state index contributed by atoms with van der Waals surface area (Å²) < 4.78 is 11.7. The molecule has 0 spiro atoms. The molecule has 1 atom stereocenters. The number of anilines is 2. The first-order valence-electron chi connectivity index (χ1n) is 11.2. The van der Waals surface area contributed by atoms with E-state index in [1.54, 1.807) is 0 Å². The van der Waals surface area contributed by atoms with Crippen LogP contribution in [0.1, 0.15) is 32.3 Å². The summed E-state index contributed by atoms with van der Waals surface area (Å²) >= 11 is 0. The van der Waals surface area contributed by atoms with E-state index in [1.165, 1.54) is 5.56 Å². The standard InChI is InChI=1S/C27H32N2O3/c1-3-21(2)32-24-17-15-23(16-18-24)29-27(30)20-28-25-13-7-8-14-26(25)31-19-9-12-22-10-5-4-6-11-22/h4-8,10-11,13-18,21,28H,3,9,12,19-20H2,1-2H3,(H,29,30). The van der Waals surface area contributed by atoms with Gasteiger partial charge in [0.25, 0.3) is 0 Å². The number of para-hydroxylation sites is 2. The summed E-state index contributed by atoms with van der Waals surface area (Å²) in [6.45, 7) is 4.88. The number of nitrogens with one attached hydrogen (secondary N) is 2. The fourth-order valence-corrected chi connectivity index (χ4v) is 3.15. The third-order valence-corrected chi connectivity index (χ3v) is 5.09. The molecule has 0 heterocycles. The Morgan fingerprint density at radius 1 is 0.938 bits per heavy atom. The molecule has 0 saturated carbocycles. The van der Waals surface area contributed by atoms with Gasteiger partial charge in [-0.15, -0.1) is 0 Å². The Bertz CT molecular complexity index is 958. The summed E-state index contributed by atoms with van der Waals surface area (Å²) in [6.07, 6.45) is 3.01. The summed E-state index contributed by atoms with van der Waals surface area (Å²) in [5.41, 5.74) is 2.84. The maximum Gasteiger partial charge on any atom is 0.243 e. The number of aryl methyl sites for hydroxylation is 1. The summed E-state index contributed by atoms with van der Waals surface area (Å²) in [6, 6.07) is 25.5. The lowest BCUT2D eigenvalue weighted by Crippen LogP contribution is -2.22. The van der Waals surface area contributed by atoms with Crippen molar-refractivity contribution in [2.45, 2.75) is 39.2 Å².